The van der Waals surface area contributed by atoms with Crippen molar-refractivity contribution >= 4 is 5.97 Å². The van der Waals surface area contributed by atoms with E-state index in [1.54, 1.807) is 6.92 Å². The second-order valence-corrected chi connectivity index (χ2v) is 4.29. The Morgan fingerprint density at radius 1 is 1.33 bits per heavy atom. The number of carbonyl (C=O) groups excluding carboxylic acids is 1. The van der Waals surface area contributed by atoms with Crippen molar-refractivity contribution in [2.24, 2.45) is 0 Å². The fourth-order valence-corrected chi connectivity index (χ4v) is 2.29. The Balaban J connectivity index is 2.43. The second-order valence-electron chi connectivity index (χ2n) is 4.29. The van der Waals surface area contributed by atoms with E-state index >= 15 is 0 Å². The van der Waals surface area contributed by atoms with Crippen molar-refractivity contribution in [2.75, 3.05) is 6.61 Å². The smallest absolute Gasteiger partial charge is 0.313 e. The molecular weight excluding hydrogens is 242 g/mol. The third-order valence-corrected chi connectivity index (χ3v) is 3.16. The topological polar surface area (TPSA) is 46.5 Å². The zero-order valence-corrected chi connectivity index (χ0v) is 9.95. The molecule has 1 aliphatic rings. The number of hydrogen-bond acceptors (Lipinski definition) is 3. The predicted molar refractivity (Wildman–Crippen MR) is 59.9 cm³/mol. The van der Waals surface area contributed by atoms with Crippen LogP contribution >= 0.6 is 0 Å². The molecule has 3 nitrogen and oxygen atoms in total. The molecule has 0 bridgehead atoms. The molecule has 5 heteroatoms. The maximum absolute atomic E-state index is 13.2. The van der Waals surface area contributed by atoms with Gasteiger partial charge in [0.25, 0.3) is 0 Å². The van der Waals surface area contributed by atoms with Gasteiger partial charge in [-0.2, -0.15) is 0 Å². The summed E-state index contributed by atoms with van der Waals surface area (Å²) < 4.78 is 31.3. The van der Waals surface area contributed by atoms with Gasteiger partial charge in [0.15, 0.2) is 11.6 Å². The molecule has 0 radical (unpaired) electrons. The molecule has 1 aromatic carbocycles. The van der Waals surface area contributed by atoms with Crippen molar-refractivity contribution in [3.63, 3.8) is 0 Å². The molecule has 0 spiro atoms. The number of aliphatic hydroxyl groups is 1. The maximum Gasteiger partial charge on any atom is 0.313 e. The summed E-state index contributed by atoms with van der Waals surface area (Å²) in [7, 11) is 0. The summed E-state index contributed by atoms with van der Waals surface area (Å²) in [6.45, 7) is 1.92. The molecule has 98 valence electrons. The zero-order valence-electron chi connectivity index (χ0n) is 9.95. The van der Waals surface area contributed by atoms with Crippen molar-refractivity contribution in [3.05, 3.63) is 34.9 Å². The van der Waals surface area contributed by atoms with Gasteiger partial charge in [-0.3, -0.25) is 4.79 Å². The molecule has 0 amide bonds. The van der Waals surface area contributed by atoms with E-state index in [9.17, 15) is 18.7 Å². The highest BCUT2D eigenvalue weighted by molar-refractivity contribution is 5.79. The highest BCUT2D eigenvalue weighted by atomic mass is 19.2. The molecule has 1 N–H and O–H groups in total. The average molecular weight is 256 g/mol. The molecule has 0 heterocycles. The van der Waals surface area contributed by atoms with Gasteiger partial charge in [0.05, 0.1) is 18.6 Å². The van der Waals surface area contributed by atoms with E-state index in [2.05, 4.69) is 0 Å². The van der Waals surface area contributed by atoms with Crippen molar-refractivity contribution in [3.8, 4) is 0 Å². The monoisotopic (exact) mass is 256 g/mol. The minimum atomic E-state index is -1.02. The summed E-state index contributed by atoms with van der Waals surface area (Å²) >= 11 is 0. The lowest BCUT2D eigenvalue weighted by Gasteiger charge is -2.27. The molecule has 1 aromatic rings. The Morgan fingerprint density at radius 2 is 1.94 bits per heavy atom. The lowest BCUT2D eigenvalue weighted by atomic mass is 9.81. The van der Waals surface area contributed by atoms with Gasteiger partial charge in [0, 0.05) is 0 Å². The van der Waals surface area contributed by atoms with Crippen LogP contribution < -0.4 is 0 Å². The van der Waals surface area contributed by atoms with E-state index in [1.165, 1.54) is 0 Å². The highest BCUT2D eigenvalue weighted by Gasteiger charge is 2.32. The van der Waals surface area contributed by atoms with Crippen LogP contribution in [-0.4, -0.2) is 17.7 Å². The van der Waals surface area contributed by atoms with Crippen LogP contribution in [0.4, 0.5) is 8.78 Å². The Kier molecular flexibility index (Phi) is 3.61. The number of aliphatic hydroxyl groups excluding tert-OH is 1. The van der Waals surface area contributed by atoms with E-state index < -0.39 is 29.6 Å². The Labute approximate surface area is 103 Å². The van der Waals surface area contributed by atoms with Crippen molar-refractivity contribution in [1.82, 2.24) is 0 Å². The lowest BCUT2D eigenvalue weighted by Crippen LogP contribution is -2.23. The first-order valence-electron chi connectivity index (χ1n) is 5.88. The molecule has 0 fully saturated rings. The van der Waals surface area contributed by atoms with Crippen LogP contribution in [0.15, 0.2) is 12.1 Å². The first-order valence-corrected chi connectivity index (χ1v) is 5.88. The van der Waals surface area contributed by atoms with E-state index in [0.717, 1.165) is 12.1 Å². The van der Waals surface area contributed by atoms with E-state index in [0.29, 0.717) is 18.4 Å². The quantitative estimate of drug-likeness (QED) is 0.827. The highest BCUT2D eigenvalue weighted by Crippen LogP contribution is 2.39. The standard InChI is InChI=1S/C13H14F2O3/c1-2-18-13(17)7-3-4-12(16)9-6-11(15)10(14)5-8(7)9/h5-7,12,16H,2-4H2,1H3. The number of hydrogen-bond donors (Lipinski definition) is 1. The normalized spacial score (nSPS) is 22.4. The molecule has 0 saturated carbocycles. The summed E-state index contributed by atoms with van der Waals surface area (Å²) in [6.07, 6.45) is -0.152. The molecule has 0 aliphatic heterocycles. The molecule has 2 rings (SSSR count). The molecule has 2 unspecified atom stereocenters. The first-order chi connectivity index (χ1) is 8.54. The number of esters is 1. The largest absolute Gasteiger partial charge is 0.466 e. The number of carbonyl (C=O) groups is 1. The second kappa shape index (κ2) is 5.02. The number of benzene rings is 1. The molecule has 0 saturated heterocycles. The third-order valence-electron chi connectivity index (χ3n) is 3.16. The van der Waals surface area contributed by atoms with E-state index in [4.69, 9.17) is 4.74 Å². The van der Waals surface area contributed by atoms with E-state index in [-0.39, 0.29) is 12.2 Å². The Hall–Kier alpha value is -1.49. The average Bonchev–Trinajstić information content (AvgIpc) is 2.32. The number of halogens is 2. The molecule has 0 aromatic heterocycles. The molecular formula is C13H14F2O3. The lowest BCUT2D eigenvalue weighted by molar-refractivity contribution is -0.145. The first kappa shape index (κ1) is 13.0. The van der Waals surface area contributed by atoms with Crippen LogP contribution in [0.3, 0.4) is 0 Å². The zero-order chi connectivity index (χ0) is 13.3. The maximum atomic E-state index is 13.2. The molecule has 1 aliphatic carbocycles. The summed E-state index contributed by atoms with van der Waals surface area (Å²) in [6, 6.07) is 1.94. The van der Waals surface area contributed by atoms with Gasteiger partial charge in [0.1, 0.15) is 0 Å². The Bertz CT molecular complexity index is 474. The van der Waals surface area contributed by atoms with E-state index in [1.807, 2.05) is 0 Å². The van der Waals surface area contributed by atoms with Gasteiger partial charge in [0.2, 0.25) is 0 Å². The Morgan fingerprint density at radius 3 is 2.56 bits per heavy atom. The van der Waals surface area contributed by atoms with Crippen LogP contribution in [0.1, 0.15) is 42.9 Å². The van der Waals surface area contributed by atoms with Crippen molar-refractivity contribution in [1.29, 1.82) is 0 Å². The van der Waals surface area contributed by atoms with Crippen molar-refractivity contribution in [2.45, 2.75) is 31.8 Å². The summed E-state index contributed by atoms with van der Waals surface area (Å²) in [5, 5.41) is 9.76. The van der Waals surface area contributed by atoms with Gasteiger partial charge in [-0.1, -0.05) is 0 Å². The summed E-state index contributed by atoms with van der Waals surface area (Å²) in [5.74, 6) is -3.12. The number of rotatable bonds is 2. The van der Waals surface area contributed by atoms with Gasteiger partial charge in [-0.25, -0.2) is 8.78 Å². The minimum Gasteiger partial charge on any atom is -0.466 e. The van der Waals surface area contributed by atoms with Crippen LogP contribution in [0.5, 0.6) is 0 Å². The number of ether oxygens (including phenoxy) is 1. The summed E-state index contributed by atoms with van der Waals surface area (Å²) in [5.41, 5.74) is 0.601. The van der Waals surface area contributed by atoms with Crippen LogP contribution in [0.2, 0.25) is 0 Å². The van der Waals surface area contributed by atoms with Crippen molar-refractivity contribution < 1.29 is 23.4 Å². The molecule has 2 atom stereocenters. The molecule has 18 heavy (non-hydrogen) atoms. The number of fused-ring (bicyclic) bond motifs is 1. The van der Waals surface area contributed by atoms with Gasteiger partial charge < -0.3 is 9.84 Å². The SMILES string of the molecule is CCOC(=O)C1CCC(O)c2cc(F)c(F)cc21. The summed E-state index contributed by atoms with van der Waals surface area (Å²) in [4.78, 5) is 11.7. The predicted octanol–water partition coefficient (Wildman–Crippen LogP) is 2.44. The fourth-order valence-electron chi connectivity index (χ4n) is 2.29. The van der Waals surface area contributed by atoms with Gasteiger partial charge >= 0.3 is 5.97 Å². The third kappa shape index (κ3) is 2.22. The minimum absolute atomic E-state index is 0.233. The fraction of sp³-hybridized carbons (Fsp3) is 0.462. The van der Waals surface area contributed by atoms with Gasteiger partial charge in [-0.05, 0) is 43.0 Å². The van der Waals surface area contributed by atoms with Gasteiger partial charge in [-0.15, -0.1) is 0 Å². The van der Waals surface area contributed by atoms with Crippen LogP contribution in [0, 0.1) is 11.6 Å². The van der Waals surface area contributed by atoms with Crippen LogP contribution in [0.25, 0.3) is 0 Å². The van der Waals surface area contributed by atoms with Crippen LogP contribution in [-0.2, 0) is 9.53 Å².